The van der Waals surface area contributed by atoms with E-state index in [2.05, 4.69) is 5.10 Å². The van der Waals surface area contributed by atoms with Crippen LogP contribution in [0, 0.1) is 0 Å². The number of fused-ring (bicyclic) bond motifs is 1. The number of rotatable bonds is 3. The van der Waals surface area contributed by atoms with Gasteiger partial charge in [-0.25, -0.2) is 4.79 Å². The summed E-state index contributed by atoms with van der Waals surface area (Å²) in [7, 11) is 0. The molecule has 0 saturated carbocycles. The second kappa shape index (κ2) is 4.06. The molecule has 0 bridgehead atoms. The van der Waals surface area contributed by atoms with Gasteiger partial charge in [0.25, 0.3) is 0 Å². The number of hydrogen-bond acceptors (Lipinski definition) is 4. The van der Waals surface area contributed by atoms with Crippen LogP contribution in [0.1, 0.15) is 0 Å². The van der Waals surface area contributed by atoms with Gasteiger partial charge in [-0.1, -0.05) is 0 Å². The molecule has 0 fully saturated rings. The van der Waals surface area contributed by atoms with Crippen LogP contribution in [0.15, 0.2) is 45.9 Å². The molecular formula is C12H12N4O2. The molecule has 6 heteroatoms. The van der Waals surface area contributed by atoms with Crippen LogP contribution in [-0.4, -0.2) is 14.3 Å². The highest BCUT2D eigenvalue weighted by Gasteiger charge is 2.09. The molecule has 0 aliphatic heterocycles. The van der Waals surface area contributed by atoms with Crippen molar-refractivity contribution >= 4 is 16.8 Å². The summed E-state index contributed by atoms with van der Waals surface area (Å²) >= 11 is 0. The van der Waals surface area contributed by atoms with Crippen LogP contribution in [0.3, 0.4) is 0 Å². The standard InChI is InChI=1S/C12H12N4O2/c13-9-2-3-10-11(8-9)18-12(17)16(10)7-6-15-5-1-4-14-15/h1-5,8H,6-7,13H2. The summed E-state index contributed by atoms with van der Waals surface area (Å²) in [5.74, 6) is -0.372. The molecular weight excluding hydrogens is 232 g/mol. The average Bonchev–Trinajstić information content (AvgIpc) is 2.93. The third kappa shape index (κ3) is 1.77. The Morgan fingerprint density at radius 1 is 1.33 bits per heavy atom. The number of aromatic nitrogens is 3. The van der Waals surface area contributed by atoms with E-state index in [0.717, 1.165) is 5.52 Å². The van der Waals surface area contributed by atoms with Gasteiger partial charge >= 0.3 is 5.76 Å². The fourth-order valence-corrected chi connectivity index (χ4v) is 1.93. The van der Waals surface area contributed by atoms with Gasteiger partial charge in [0.1, 0.15) is 0 Å². The Bertz CT molecular complexity index is 724. The minimum absolute atomic E-state index is 0.372. The topological polar surface area (TPSA) is 79.0 Å². The molecule has 0 aliphatic carbocycles. The molecule has 2 N–H and O–H groups in total. The molecule has 0 radical (unpaired) electrons. The maximum absolute atomic E-state index is 11.7. The van der Waals surface area contributed by atoms with Gasteiger partial charge < -0.3 is 10.2 Å². The van der Waals surface area contributed by atoms with E-state index in [1.807, 2.05) is 12.3 Å². The van der Waals surface area contributed by atoms with Crippen molar-refractivity contribution in [3.05, 3.63) is 47.2 Å². The normalized spacial score (nSPS) is 11.1. The number of nitrogen functional groups attached to an aromatic ring is 1. The van der Waals surface area contributed by atoms with Crippen LogP contribution < -0.4 is 11.5 Å². The largest absolute Gasteiger partial charge is 0.420 e. The van der Waals surface area contributed by atoms with Gasteiger partial charge in [0.2, 0.25) is 0 Å². The van der Waals surface area contributed by atoms with E-state index in [0.29, 0.717) is 24.4 Å². The first-order valence-corrected chi connectivity index (χ1v) is 5.60. The molecule has 3 aromatic rings. The van der Waals surface area contributed by atoms with Gasteiger partial charge in [-0.05, 0) is 18.2 Å². The summed E-state index contributed by atoms with van der Waals surface area (Å²) in [6.07, 6.45) is 3.56. The van der Waals surface area contributed by atoms with Crippen molar-refractivity contribution < 1.29 is 4.42 Å². The fourth-order valence-electron chi connectivity index (χ4n) is 1.93. The molecule has 6 nitrogen and oxygen atoms in total. The minimum atomic E-state index is -0.372. The van der Waals surface area contributed by atoms with Gasteiger partial charge in [-0.15, -0.1) is 0 Å². The van der Waals surface area contributed by atoms with Crippen molar-refractivity contribution in [2.45, 2.75) is 13.1 Å². The first-order chi connectivity index (χ1) is 8.74. The number of aryl methyl sites for hydroxylation is 2. The quantitative estimate of drug-likeness (QED) is 0.699. The van der Waals surface area contributed by atoms with Crippen LogP contribution in [-0.2, 0) is 13.1 Å². The zero-order chi connectivity index (χ0) is 12.5. The van der Waals surface area contributed by atoms with Crippen molar-refractivity contribution in [1.29, 1.82) is 0 Å². The Kier molecular flexibility index (Phi) is 2.40. The predicted molar refractivity (Wildman–Crippen MR) is 67.1 cm³/mol. The number of anilines is 1. The molecule has 92 valence electrons. The van der Waals surface area contributed by atoms with Gasteiger partial charge in [-0.2, -0.15) is 5.10 Å². The van der Waals surface area contributed by atoms with Gasteiger partial charge in [0.15, 0.2) is 5.58 Å². The number of benzene rings is 1. The first kappa shape index (κ1) is 10.6. The average molecular weight is 244 g/mol. The molecule has 0 amide bonds. The van der Waals surface area contributed by atoms with Crippen LogP contribution in [0.4, 0.5) is 5.69 Å². The third-order valence-electron chi connectivity index (χ3n) is 2.80. The summed E-state index contributed by atoms with van der Waals surface area (Å²) in [6.45, 7) is 1.13. The smallest absolute Gasteiger partial charge is 0.408 e. The highest BCUT2D eigenvalue weighted by Crippen LogP contribution is 2.16. The number of oxazole rings is 1. The van der Waals surface area contributed by atoms with Crippen molar-refractivity contribution in [3.8, 4) is 0 Å². The van der Waals surface area contributed by atoms with Gasteiger partial charge in [-0.3, -0.25) is 9.25 Å². The maximum Gasteiger partial charge on any atom is 0.420 e. The molecule has 0 aliphatic rings. The van der Waals surface area contributed by atoms with E-state index in [9.17, 15) is 4.79 Å². The molecule has 3 rings (SSSR count). The fraction of sp³-hybridized carbons (Fsp3) is 0.167. The summed E-state index contributed by atoms with van der Waals surface area (Å²) in [4.78, 5) is 11.7. The SMILES string of the molecule is Nc1ccc2c(c1)oc(=O)n2CCn1cccn1. The number of nitrogens with zero attached hydrogens (tertiary/aromatic N) is 3. The Labute approximate surface area is 102 Å². The predicted octanol–water partition coefficient (Wildman–Crippen LogP) is 1.07. The Morgan fingerprint density at radius 3 is 3.00 bits per heavy atom. The van der Waals surface area contributed by atoms with Crippen LogP contribution in [0.25, 0.3) is 11.1 Å². The minimum Gasteiger partial charge on any atom is -0.408 e. The second-order valence-corrected chi connectivity index (χ2v) is 4.02. The van der Waals surface area contributed by atoms with Gasteiger partial charge in [0, 0.05) is 30.7 Å². The molecule has 2 aromatic heterocycles. The first-order valence-electron chi connectivity index (χ1n) is 5.60. The Balaban J connectivity index is 1.96. The summed E-state index contributed by atoms with van der Waals surface area (Å²) < 4.78 is 8.49. The monoisotopic (exact) mass is 244 g/mol. The Hall–Kier alpha value is -2.50. The lowest BCUT2D eigenvalue weighted by molar-refractivity contribution is 0.471. The highest BCUT2D eigenvalue weighted by atomic mass is 16.4. The van der Waals surface area contributed by atoms with E-state index < -0.39 is 0 Å². The molecule has 0 saturated heterocycles. The van der Waals surface area contributed by atoms with Crippen LogP contribution >= 0.6 is 0 Å². The second-order valence-electron chi connectivity index (χ2n) is 4.02. The van der Waals surface area contributed by atoms with Crippen LogP contribution in [0.5, 0.6) is 0 Å². The molecule has 0 spiro atoms. The molecule has 0 atom stereocenters. The lowest BCUT2D eigenvalue weighted by Crippen LogP contribution is -2.17. The van der Waals surface area contributed by atoms with E-state index in [-0.39, 0.29) is 5.76 Å². The zero-order valence-corrected chi connectivity index (χ0v) is 9.61. The lowest BCUT2D eigenvalue weighted by Gasteiger charge is -2.02. The molecule has 18 heavy (non-hydrogen) atoms. The van der Waals surface area contributed by atoms with Crippen molar-refractivity contribution in [1.82, 2.24) is 14.3 Å². The van der Waals surface area contributed by atoms with E-state index in [1.54, 1.807) is 33.6 Å². The summed E-state index contributed by atoms with van der Waals surface area (Å²) in [6, 6.07) is 7.04. The molecule has 1 aromatic carbocycles. The van der Waals surface area contributed by atoms with Gasteiger partial charge in [0.05, 0.1) is 12.1 Å². The maximum atomic E-state index is 11.7. The number of hydrogen-bond donors (Lipinski definition) is 1. The molecule has 2 heterocycles. The summed E-state index contributed by atoms with van der Waals surface area (Å²) in [5.41, 5.74) is 7.49. The highest BCUT2D eigenvalue weighted by molar-refractivity contribution is 5.76. The van der Waals surface area contributed by atoms with Crippen LogP contribution in [0.2, 0.25) is 0 Å². The zero-order valence-electron chi connectivity index (χ0n) is 9.61. The molecule has 0 unspecified atom stereocenters. The van der Waals surface area contributed by atoms with E-state index >= 15 is 0 Å². The van der Waals surface area contributed by atoms with Crippen molar-refractivity contribution in [2.75, 3.05) is 5.73 Å². The third-order valence-corrected chi connectivity index (χ3v) is 2.80. The van der Waals surface area contributed by atoms with E-state index in [4.69, 9.17) is 10.2 Å². The Morgan fingerprint density at radius 2 is 2.22 bits per heavy atom. The summed E-state index contributed by atoms with van der Waals surface area (Å²) in [5, 5.41) is 4.09. The number of nitrogens with two attached hydrogens (primary N) is 1. The lowest BCUT2D eigenvalue weighted by atomic mass is 10.3. The van der Waals surface area contributed by atoms with Crippen molar-refractivity contribution in [2.24, 2.45) is 0 Å². The van der Waals surface area contributed by atoms with E-state index in [1.165, 1.54) is 0 Å². The van der Waals surface area contributed by atoms with Crippen molar-refractivity contribution in [3.63, 3.8) is 0 Å².